The highest BCUT2D eigenvalue weighted by molar-refractivity contribution is 9.11. The first-order valence-corrected chi connectivity index (χ1v) is 9.60. The molecular weight excluding hydrogens is 392 g/mol. The third kappa shape index (κ3) is 7.12. The van der Waals surface area contributed by atoms with Crippen molar-refractivity contribution in [2.75, 3.05) is 19.0 Å². The fourth-order valence-electron chi connectivity index (χ4n) is 1.94. The zero-order valence-electron chi connectivity index (χ0n) is 14.4. The Morgan fingerprint density at radius 1 is 1.42 bits per heavy atom. The van der Waals surface area contributed by atoms with Crippen LogP contribution >= 0.6 is 15.9 Å². The smallest absolute Gasteiger partial charge is 0.138 e. The van der Waals surface area contributed by atoms with Gasteiger partial charge in [0.2, 0.25) is 0 Å². The number of benzene rings is 1. The number of aliphatic imine (C=N–C) groups is 1. The van der Waals surface area contributed by atoms with Crippen LogP contribution in [0.25, 0.3) is 0 Å². The molecule has 0 bridgehead atoms. The lowest BCUT2D eigenvalue weighted by atomic mass is 10.3. The number of nitrogens with two attached hydrogens (primary N) is 1. The Balaban J connectivity index is 2.87. The number of nitrogens with one attached hydrogen (secondary N) is 2. The molecule has 2 atom stereocenters. The van der Waals surface area contributed by atoms with Gasteiger partial charge in [-0.15, -0.1) is 0 Å². The fourth-order valence-corrected chi connectivity index (χ4v) is 2.55. The quantitative estimate of drug-likeness (QED) is 0.448. The van der Waals surface area contributed by atoms with Crippen molar-refractivity contribution in [2.24, 2.45) is 10.1 Å². The normalized spacial score (nSPS) is 15.5. The van der Waals surface area contributed by atoms with Gasteiger partial charge < -0.3 is 15.4 Å². The molecule has 0 aliphatic rings. The molecule has 2 unspecified atom stereocenters. The lowest BCUT2D eigenvalue weighted by molar-refractivity contribution is 0.176. The van der Waals surface area contributed by atoms with Crippen LogP contribution in [0.3, 0.4) is 0 Å². The molecule has 0 amide bonds. The number of hydrogen-bond donors (Lipinski definition) is 3. The van der Waals surface area contributed by atoms with E-state index in [1.807, 2.05) is 26.0 Å². The Morgan fingerprint density at radius 2 is 2.04 bits per heavy atom. The highest BCUT2D eigenvalue weighted by Crippen LogP contribution is 2.17. The summed E-state index contributed by atoms with van der Waals surface area (Å²) in [7, 11) is 0.202. The molecule has 0 aliphatic carbocycles. The number of methoxy groups -OCH3 is 1. The summed E-state index contributed by atoms with van der Waals surface area (Å²) < 4.78 is 17.3. The lowest BCUT2D eigenvalue weighted by Crippen LogP contribution is -2.30. The van der Waals surface area contributed by atoms with Crippen molar-refractivity contribution in [3.8, 4) is 0 Å². The molecule has 134 valence electrons. The molecule has 4 N–H and O–H groups in total. The van der Waals surface area contributed by atoms with E-state index in [1.165, 1.54) is 0 Å². The highest BCUT2D eigenvalue weighted by Gasteiger charge is 2.08. The molecular formula is C16H25BrN4O2S. The molecule has 8 heteroatoms. The standard InChI is InChI=1S/C16H25BrN4O2S/c1-5-15(17)16(19-11(2)10-23-4)21-12(3)20-13-6-8-14(9-7-13)24(18)22/h6-9,11,19H,5,10,18H2,1-4H3,(H,20,21)/b16-15+. The van der Waals surface area contributed by atoms with Crippen LogP contribution < -0.4 is 15.8 Å². The number of hydrogen-bond acceptors (Lipinski definition) is 4. The summed E-state index contributed by atoms with van der Waals surface area (Å²) in [6, 6.07) is 7.23. The van der Waals surface area contributed by atoms with E-state index in [0.717, 1.165) is 28.2 Å². The molecule has 0 aromatic heterocycles. The maximum absolute atomic E-state index is 11.2. The van der Waals surface area contributed by atoms with Crippen LogP contribution in [0, 0.1) is 0 Å². The molecule has 1 aromatic rings. The second-order valence-corrected chi connectivity index (χ2v) is 7.28. The minimum atomic E-state index is -1.47. The number of anilines is 1. The molecule has 0 spiro atoms. The summed E-state index contributed by atoms with van der Waals surface area (Å²) >= 11 is 3.56. The number of allylic oxidation sites excluding steroid dienone is 1. The van der Waals surface area contributed by atoms with Gasteiger partial charge in [0.25, 0.3) is 0 Å². The predicted molar refractivity (Wildman–Crippen MR) is 104 cm³/mol. The van der Waals surface area contributed by atoms with Crippen LogP contribution in [0.5, 0.6) is 0 Å². The molecule has 1 aromatic carbocycles. The van der Waals surface area contributed by atoms with Gasteiger partial charge in [-0.05, 0) is 44.5 Å². The Bertz CT molecular complexity index is 617. The summed E-state index contributed by atoms with van der Waals surface area (Å²) in [4.78, 5) is 5.19. The summed E-state index contributed by atoms with van der Waals surface area (Å²) in [5, 5.41) is 11.9. The van der Waals surface area contributed by atoms with Crippen molar-refractivity contribution in [1.82, 2.24) is 5.32 Å². The van der Waals surface area contributed by atoms with Crippen LogP contribution in [0.2, 0.25) is 0 Å². The van der Waals surface area contributed by atoms with Crippen LogP contribution in [-0.4, -0.2) is 29.8 Å². The maximum Gasteiger partial charge on any atom is 0.138 e. The van der Waals surface area contributed by atoms with Crippen LogP contribution in [0.4, 0.5) is 5.69 Å². The summed E-state index contributed by atoms with van der Waals surface area (Å²) in [6.07, 6.45) is 0.829. The molecule has 0 saturated carbocycles. The van der Waals surface area contributed by atoms with Crippen molar-refractivity contribution < 1.29 is 8.95 Å². The van der Waals surface area contributed by atoms with Gasteiger partial charge in [0.05, 0.1) is 11.5 Å². The SMILES string of the molecule is CC/C(Br)=C(\N=C(/C)Nc1ccc(S(N)=O)cc1)NC(C)COC. The zero-order chi connectivity index (χ0) is 18.1. The number of rotatable bonds is 8. The van der Waals surface area contributed by atoms with E-state index in [-0.39, 0.29) is 6.04 Å². The first-order chi connectivity index (χ1) is 11.4. The van der Waals surface area contributed by atoms with Crippen LogP contribution in [-0.2, 0) is 15.7 Å². The Labute approximate surface area is 154 Å². The fraction of sp³-hybridized carbons (Fsp3) is 0.438. The van der Waals surface area contributed by atoms with Gasteiger partial charge >= 0.3 is 0 Å². The van der Waals surface area contributed by atoms with E-state index in [4.69, 9.17) is 9.88 Å². The molecule has 1 rings (SSSR count). The number of ether oxygens (including phenoxy) is 1. The minimum Gasteiger partial charge on any atom is -0.383 e. The van der Waals surface area contributed by atoms with E-state index in [9.17, 15) is 4.21 Å². The lowest BCUT2D eigenvalue weighted by Gasteiger charge is -2.17. The summed E-state index contributed by atoms with van der Waals surface area (Å²) in [5.41, 5.74) is 0.849. The molecule has 24 heavy (non-hydrogen) atoms. The minimum absolute atomic E-state index is 0.138. The first-order valence-electron chi connectivity index (χ1n) is 7.60. The first kappa shape index (κ1) is 20.8. The number of halogens is 1. The Morgan fingerprint density at radius 3 is 2.54 bits per heavy atom. The van der Waals surface area contributed by atoms with Crippen LogP contribution in [0.1, 0.15) is 27.2 Å². The van der Waals surface area contributed by atoms with Gasteiger partial charge in [0, 0.05) is 23.3 Å². The third-order valence-electron chi connectivity index (χ3n) is 3.06. The summed E-state index contributed by atoms with van der Waals surface area (Å²) in [5.74, 6) is 1.50. The molecule has 0 saturated heterocycles. The van der Waals surface area contributed by atoms with Crippen molar-refractivity contribution in [3.05, 3.63) is 34.6 Å². The van der Waals surface area contributed by atoms with Crippen molar-refractivity contribution >= 4 is 38.4 Å². The van der Waals surface area contributed by atoms with Crippen molar-refractivity contribution in [1.29, 1.82) is 0 Å². The molecule has 6 nitrogen and oxygen atoms in total. The van der Waals surface area contributed by atoms with Gasteiger partial charge in [-0.3, -0.25) is 0 Å². The average Bonchev–Trinajstić information content (AvgIpc) is 2.54. The monoisotopic (exact) mass is 416 g/mol. The zero-order valence-corrected chi connectivity index (χ0v) is 16.8. The maximum atomic E-state index is 11.2. The molecule has 0 aliphatic heterocycles. The van der Waals surface area contributed by atoms with Gasteiger partial charge in [-0.1, -0.05) is 22.9 Å². The molecule has 0 radical (unpaired) electrons. The van der Waals surface area contributed by atoms with E-state index in [1.54, 1.807) is 19.2 Å². The molecule has 0 fully saturated rings. The highest BCUT2D eigenvalue weighted by atomic mass is 79.9. The number of amidine groups is 1. The van der Waals surface area contributed by atoms with E-state index in [2.05, 4.69) is 38.5 Å². The Hall–Kier alpha value is -1.22. The van der Waals surface area contributed by atoms with Gasteiger partial charge in [0.1, 0.15) is 22.6 Å². The topological polar surface area (TPSA) is 88.7 Å². The van der Waals surface area contributed by atoms with E-state index >= 15 is 0 Å². The third-order valence-corrected chi connectivity index (χ3v) is 4.73. The van der Waals surface area contributed by atoms with Gasteiger partial charge in [0.15, 0.2) is 0 Å². The largest absolute Gasteiger partial charge is 0.383 e. The average molecular weight is 417 g/mol. The van der Waals surface area contributed by atoms with E-state index < -0.39 is 11.0 Å². The second-order valence-electron chi connectivity index (χ2n) is 5.25. The second kappa shape index (κ2) is 10.6. The molecule has 0 heterocycles. The Kier molecular flexibility index (Phi) is 9.20. The van der Waals surface area contributed by atoms with Crippen LogP contribution in [0.15, 0.2) is 44.5 Å². The number of nitrogens with zero attached hydrogens (tertiary/aromatic N) is 1. The van der Waals surface area contributed by atoms with E-state index in [0.29, 0.717) is 11.5 Å². The van der Waals surface area contributed by atoms with Gasteiger partial charge in [-0.2, -0.15) is 0 Å². The van der Waals surface area contributed by atoms with Gasteiger partial charge in [-0.25, -0.2) is 14.3 Å². The van der Waals surface area contributed by atoms with Crippen molar-refractivity contribution in [3.63, 3.8) is 0 Å². The van der Waals surface area contributed by atoms with Crippen molar-refractivity contribution in [2.45, 2.75) is 38.1 Å². The predicted octanol–water partition coefficient (Wildman–Crippen LogP) is 3.10. The summed E-state index contributed by atoms with van der Waals surface area (Å²) in [6.45, 7) is 6.56.